The summed E-state index contributed by atoms with van der Waals surface area (Å²) in [7, 11) is 0. The number of nitrogens with zero attached hydrogens (tertiary/aromatic N) is 1. The third kappa shape index (κ3) is 2.99. The van der Waals surface area contributed by atoms with Gasteiger partial charge in [-0.1, -0.05) is 25.0 Å². The molecule has 1 aromatic carbocycles. The summed E-state index contributed by atoms with van der Waals surface area (Å²) in [5.41, 5.74) is 4.03. The van der Waals surface area contributed by atoms with Crippen LogP contribution in [0.4, 0.5) is 5.69 Å². The van der Waals surface area contributed by atoms with Crippen molar-refractivity contribution in [2.24, 2.45) is 0 Å². The Morgan fingerprint density at radius 3 is 2.88 bits per heavy atom. The maximum Gasteiger partial charge on any atom is 0.0609 e. The molecule has 0 atom stereocenters. The average Bonchev–Trinajstić information content (AvgIpc) is 2.76. The molecule has 1 N–H and O–H groups in total. The molecule has 2 nitrogen and oxygen atoms in total. The number of unbranched alkanes of at least 4 members (excludes halogenated alkanes) is 3. The lowest BCUT2D eigenvalue weighted by atomic mass is 10.0. The molecule has 2 rings (SSSR count). The molecular formula is C14H20NO. The van der Waals surface area contributed by atoms with Gasteiger partial charge in [0, 0.05) is 13.2 Å². The second kappa shape index (κ2) is 5.90. The van der Waals surface area contributed by atoms with Crippen LogP contribution in [0.1, 0.15) is 36.8 Å². The lowest BCUT2D eigenvalue weighted by Crippen LogP contribution is -1.91. The molecule has 0 spiro atoms. The van der Waals surface area contributed by atoms with E-state index in [4.69, 9.17) is 5.11 Å². The maximum absolute atomic E-state index is 8.68. The van der Waals surface area contributed by atoms with Gasteiger partial charge in [0.05, 0.1) is 5.69 Å². The van der Waals surface area contributed by atoms with E-state index in [0.29, 0.717) is 6.61 Å². The molecule has 16 heavy (non-hydrogen) atoms. The number of aliphatic hydroxyl groups is 1. The Labute approximate surface area is 97.7 Å². The first-order valence-electron chi connectivity index (χ1n) is 6.30. The summed E-state index contributed by atoms with van der Waals surface area (Å²) in [6, 6.07) is 6.72. The summed E-state index contributed by atoms with van der Waals surface area (Å²) in [4.78, 5) is 0. The summed E-state index contributed by atoms with van der Waals surface area (Å²) in [6.07, 6.45) is 6.79. The molecule has 1 aliphatic rings. The van der Waals surface area contributed by atoms with Crippen molar-refractivity contribution in [3.8, 4) is 0 Å². The van der Waals surface area contributed by atoms with Crippen molar-refractivity contribution in [1.82, 2.24) is 5.32 Å². The fourth-order valence-corrected chi connectivity index (χ4v) is 2.21. The Balaban J connectivity index is 1.77. The molecule has 0 amide bonds. The maximum atomic E-state index is 8.68. The number of hydrogen-bond donors (Lipinski definition) is 1. The Morgan fingerprint density at radius 1 is 1.12 bits per heavy atom. The predicted molar refractivity (Wildman–Crippen MR) is 66.1 cm³/mol. The van der Waals surface area contributed by atoms with E-state index in [1.807, 2.05) is 0 Å². The minimum absolute atomic E-state index is 0.331. The molecule has 1 heterocycles. The monoisotopic (exact) mass is 218 g/mol. The van der Waals surface area contributed by atoms with E-state index in [1.54, 1.807) is 0 Å². The van der Waals surface area contributed by atoms with E-state index in [1.165, 1.54) is 29.7 Å². The Hall–Kier alpha value is -1.02. The molecule has 0 fully saturated rings. The molecule has 0 saturated carbocycles. The van der Waals surface area contributed by atoms with Gasteiger partial charge >= 0.3 is 0 Å². The van der Waals surface area contributed by atoms with Crippen molar-refractivity contribution in [2.75, 3.05) is 13.2 Å². The van der Waals surface area contributed by atoms with Crippen LogP contribution in [-0.2, 0) is 12.8 Å². The topological polar surface area (TPSA) is 34.3 Å². The molecule has 0 bridgehead atoms. The number of hydrogen-bond acceptors (Lipinski definition) is 1. The van der Waals surface area contributed by atoms with Gasteiger partial charge in [0.25, 0.3) is 0 Å². The van der Waals surface area contributed by atoms with Crippen molar-refractivity contribution in [3.05, 3.63) is 29.3 Å². The van der Waals surface area contributed by atoms with Crippen LogP contribution in [0.3, 0.4) is 0 Å². The molecule has 1 aromatic rings. The second-order valence-electron chi connectivity index (χ2n) is 4.48. The van der Waals surface area contributed by atoms with Crippen LogP contribution in [0.5, 0.6) is 0 Å². The lowest BCUT2D eigenvalue weighted by Gasteiger charge is -2.04. The third-order valence-electron chi connectivity index (χ3n) is 3.19. The molecule has 1 radical (unpaired) electrons. The van der Waals surface area contributed by atoms with Crippen molar-refractivity contribution in [3.63, 3.8) is 0 Å². The van der Waals surface area contributed by atoms with E-state index in [0.717, 1.165) is 32.2 Å². The Morgan fingerprint density at radius 2 is 2.00 bits per heavy atom. The highest BCUT2D eigenvalue weighted by molar-refractivity contribution is 5.50. The molecule has 0 aromatic heterocycles. The van der Waals surface area contributed by atoms with E-state index in [9.17, 15) is 0 Å². The van der Waals surface area contributed by atoms with Crippen molar-refractivity contribution in [2.45, 2.75) is 38.5 Å². The summed E-state index contributed by atoms with van der Waals surface area (Å²) < 4.78 is 0. The fourth-order valence-electron chi connectivity index (χ4n) is 2.21. The van der Waals surface area contributed by atoms with Gasteiger partial charge in [0.15, 0.2) is 0 Å². The zero-order valence-corrected chi connectivity index (χ0v) is 9.78. The third-order valence-corrected chi connectivity index (χ3v) is 3.19. The number of aliphatic hydroxyl groups excluding tert-OH is 1. The second-order valence-corrected chi connectivity index (χ2v) is 4.48. The van der Waals surface area contributed by atoms with E-state index < -0.39 is 0 Å². The van der Waals surface area contributed by atoms with Gasteiger partial charge in [-0.3, -0.25) is 5.32 Å². The molecule has 2 heteroatoms. The van der Waals surface area contributed by atoms with Crippen molar-refractivity contribution in [1.29, 1.82) is 0 Å². The molecule has 1 aliphatic heterocycles. The summed E-state index contributed by atoms with van der Waals surface area (Å²) in [5.74, 6) is 0. The molecule has 0 unspecified atom stereocenters. The highest BCUT2D eigenvalue weighted by Crippen LogP contribution is 2.24. The van der Waals surface area contributed by atoms with Gasteiger partial charge in [-0.2, -0.15) is 0 Å². The average molecular weight is 218 g/mol. The first-order valence-corrected chi connectivity index (χ1v) is 6.30. The SMILES string of the molecule is OCCCCCCc1ccc2c(c1)[N]CC2. The molecular weight excluding hydrogens is 198 g/mol. The fraction of sp³-hybridized carbons (Fsp3) is 0.571. The van der Waals surface area contributed by atoms with Crippen LogP contribution in [0, 0.1) is 0 Å². The molecule has 87 valence electrons. The van der Waals surface area contributed by atoms with Gasteiger partial charge in [-0.25, -0.2) is 0 Å². The van der Waals surface area contributed by atoms with Gasteiger partial charge in [0.2, 0.25) is 0 Å². The zero-order valence-electron chi connectivity index (χ0n) is 9.78. The normalized spacial score (nSPS) is 13.6. The first-order chi connectivity index (χ1) is 7.90. The predicted octanol–water partition coefficient (Wildman–Crippen LogP) is 2.57. The van der Waals surface area contributed by atoms with Crippen LogP contribution in [-0.4, -0.2) is 18.3 Å². The lowest BCUT2D eigenvalue weighted by molar-refractivity contribution is 0.282. The van der Waals surface area contributed by atoms with Crippen LogP contribution in [0.2, 0.25) is 0 Å². The number of fused-ring (bicyclic) bond motifs is 1. The molecule has 0 aliphatic carbocycles. The van der Waals surface area contributed by atoms with Crippen molar-refractivity contribution < 1.29 is 5.11 Å². The van der Waals surface area contributed by atoms with Crippen LogP contribution in [0.25, 0.3) is 0 Å². The van der Waals surface area contributed by atoms with E-state index in [2.05, 4.69) is 23.5 Å². The van der Waals surface area contributed by atoms with Crippen LogP contribution < -0.4 is 5.32 Å². The minimum Gasteiger partial charge on any atom is -0.396 e. The number of aryl methyl sites for hydroxylation is 1. The van der Waals surface area contributed by atoms with Gasteiger partial charge in [-0.05, 0) is 42.9 Å². The number of benzene rings is 1. The Kier molecular flexibility index (Phi) is 4.23. The highest BCUT2D eigenvalue weighted by atomic mass is 16.2. The summed E-state index contributed by atoms with van der Waals surface area (Å²) in [6.45, 7) is 1.30. The summed E-state index contributed by atoms with van der Waals surface area (Å²) >= 11 is 0. The number of rotatable bonds is 6. The first kappa shape index (κ1) is 11.5. The van der Waals surface area contributed by atoms with Crippen molar-refractivity contribution >= 4 is 5.69 Å². The Bertz CT molecular complexity index is 336. The molecule has 0 saturated heterocycles. The zero-order chi connectivity index (χ0) is 11.2. The van der Waals surface area contributed by atoms with Crippen LogP contribution in [0.15, 0.2) is 18.2 Å². The van der Waals surface area contributed by atoms with E-state index >= 15 is 0 Å². The minimum atomic E-state index is 0.331. The van der Waals surface area contributed by atoms with Crippen LogP contribution >= 0.6 is 0 Å². The standard InChI is InChI=1S/C14H20NO/c16-10-4-2-1-3-5-12-6-7-13-8-9-15-14(13)11-12/h6-7,11,16H,1-5,8-10H2. The smallest absolute Gasteiger partial charge is 0.0609 e. The summed E-state index contributed by atoms with van der Waals surface area (Å²) in [5, 5.41) is 13.2. The van der Waals surface area contributed by atoms with Gasteiger partial charge in [-0.15, -0.1) is 0 Å². The quantitative estimate of drug-likeness (QED) is 0.732. The van der Waals surface area contributed by atoms with E-state index in [-0.39, 0.29) is 0 Å². The largest absolute Gasteiger partial charge is 0.396 e. The van der Waals surface area contributed by atoms with Gasteiger partial charge < -0.3 is 5.11 Å². The highest BCUT2D eigenvalue weighted by Gasteiger charge is 2.11. The van der Waals surface area contributed by atoms with Gasteiger partial charge in [0.1, 0.15) is 0 Å².